The molecule has 0 aromatic heterocycles. The van der Waals surface area contributed by atoms with Crippen molar-refractivity contribution in [1.29, 1.82) is 0 Å². The van der Waals surface area contributed by atoms with Crippen LogP contribution in [0, 0.1) is 10.1 Å². The number of aliphatic hydroxyl groups is 1. The second-order valence-electron chi connectivity index (χ2n) is 5.44. The third-order valence-electron chi connectivity index (χ3n) is 3.82. The van der Waals surface area contributed by atoms with Gasteiger partial charge >= 0.3 is 0 Å². The predicted octanol–water partition coefficient (Wildman–Crippen LogP) is 2.27. The Morgan fingerprint density at radius 3 is 2.75 bits per heavy atom. The van der Waals surface area contributed by atoms with Gasteiger partial charge in [0, 0.05) is 25.2 Å². The molecule has 0 bridgehead atoms. The number of fused-ring (bicyclic) bond motifs is 1. The summed E-state index contributed by atoms with van der Waals surface area (Å²) in [4.78, 5) is 24.7. The molecule has 0 radical (unpaired) electrons. The van der Waals surface area contributed by atoms with Gasteiger partial charge in [-0.05, 0) is 17.7 Å². The van der Waals surface area contributed by atoms with Crippen molar-refractivity contribution in [1.82, 2.24) is 0 Å². The van der Waals surface area contributed by atoms with Crippen LogP contribution in [-0.4, -0.2) is 28.6 Å². The van der Waals surface area contributed by atoms with Gasteiger partial charge in [-0.1, -0.05) is 24.3 Å². The van der Waals surface area contributed by atoms with Crippen LogP contribution >= 0.6 is 0 Å². The van der Waals surface area contributed by atoms with E-state index in [1.807, 2.05) is 0 Å². The molecule has 7 nitrogen and oxygen atoms in total. The van der Waals surface area contributed by atoms with E-state index in [-0.39, 0.29) is 31.2 Å². The predicted molar refractivity (Wildman–Crippen MR) is 86.8 cm³/mol. The zero-order chi connectivity index (χ0) is 17.1. The Morgan fingerprint density at radius 2 is 2.00 bits per heavy atom. The van der Waals surface area contributed by atoms with E-state index in [0.717, 1.165) is 0 Å². The van der Waals surface area contributed by atoms with Gasteiger partial charge in [0.15, 0.2) is 6.10 Å². The highest BCUT2D eigenvalue weighted by Gasteiger charge is 2.33. The van der Waals surface area contributed by atoms with Crippen molar-refractivity contribution in [3.05, 3.63) is 64.2 Å². The van der Waals surface area contributed by atoms with Crippen LogP contribution in [0.5, 0.6) is 5.75 Å². The molecule has 7 heteroatoms. The van der Waals surface area contributed by atoms with Crippen molar-refractivity contribution < 1.29 is 19.6 Å². The Balaban J connectivity index is 1.94. The SMILES string of the molecule is O=C1C(CCO)Oc2ccccc2N1Cc1cccc([N+](=O)[O-])c1. The molecule has 1 unspecified atom stereocenters. The summed E-state index contributed by atoms with van der Waals surface area (Å²) in [6, 6.07) is 13.3. The maximum atomic E-state index is 12.7. The molecule has 0 saturated heterocycles. The molecule has 1 heterocycles. The lowest BCUT2D eigenvalue weighted by molar-refractivity contribution is -0.384. The van der Waals surface area contributed by atoms with Gasteiger partial charge in [0.1, 0.15) is 5.75 Å². The number of nitrogens with zero attached hydrogens (tertiary/aromatic N) is 2. The molecule has 0 aliphatic carbocycles. The Morgan fingerprint density at radius 1 is 1.21 bits per heavy atom. The number of ether oxygens (including phenoxy) is 1. The highest BCUT2D eigenvalue weighted by molar-refractivity contribution is 5.99. The fraction of sp³-hybridized carbons (Fsp3) is 0.235. The number of carbonyl (C=O) groups is 1. The lowest BCUT2D eigenvalue weighted by Gasteiger charge is -2.34. The summed E-state index contributed by atoms with van der Waals surface area (Å²) in [5.74, 6) is 0.287. The number of benzene rings is 2. The molecule has 1 amide bonds. The largest absolute Gasteiger partial charge is 0.478 e. The number of hydrogen-bond donors (Lipinski definition) is 1. The van der Waals surface area contributed by atoms with E-state index in [4.69, 9.17) is 9.84 Å². The van der Waals surface area contributed by atoms with Gasteiger partial charge in [0.25, 0.3) is 11.6 Å². The van der Waals surface area contributed by atoms with Crippen LogP contribution in [0.4, 0.5) is 11.4 Å². The zero-order valence-corrected chi connectivity index (χ0v) is 12.8. The Hall–Kier alpha value is -2.93. The van der Waals surface area contributed by atoms with E-state index in [1.54, 1.807) is 36.4 Å². The maximum Gasteiger partial charge on any atom is 0.269 e. The van der Waals surface area contributed by atoms with Gasteiger partial charge < -0.3 is 14.7 Å². The first kappa shape index (κ1) is 15.9. The minimum absolute atomic E-state index is 0.0200. The number of non-ortho nitro benzene ring substituents is 1. The molecule has 2 aromatic carbocycles. The molecular formula is C17H16N2O5. The van der Waals surface area contributed by atoms with Crippen molar-refractivity contribution in [3.8, 4) is 5.75 Å². The number of nitro benzene ring substituents is 1. The van der Waals surface area contributed by atoms with Crippen LogP contribution in [0.15, 0.2) is 48.5 Å². The molecular weight excluding hydrogens is 312 g/mol. The summed E-state index contributed by atoms with van der Waals surface area (Å²) in [5, 5.41) is 20.1. The van der Waals surface area contributed by atoms with Crippen molar-refractivity contribution in [3.63, 3.8) is 0 Å². The van der Waals surface area contributed by atoms with Gasteiger partial charge in [-0.3, -0.25) is 14.9 Å². The molecule has 124 valence electrons. The van der Waals surface area contributed by atoms with E-state index in [1.165, 1.54) is 17.0 Å². The summed E-state index contributed by atoms with van der Waals surface area (Å²) in [6.45, 7) is 0.0338. The average Bonchev–Trinajstić information content (AvgIpc) is 2.59. The first-order valence-electron chi connectivity index (χ1n) is 7.51. The first-order valence-corrected chi connectivity index (χ1v) is 7.51. The number of nitro groups is 1. The molecule has 1 atom stereocenters. The summed E-state index contributed by atoms with van der Waals surface area (Å²) >= 11 is 0. The Kier molecular flexibility index (Phi) is 4.43. The van der Waals surface area contributed by atoms with Crippen LogP contribution in [0.25, 0.3) is 0 Å². The van der Waals surface area contributed by atoms with E-state index in [2.05, 4.69) is 0 Å². The number of hydrogen-bond acceptors (Lipinski definition) is 5. The van der Waals surface area contributed by atoms with Crippen molar-refractivity contribution >= 4 is 17.3 Å². The highest BCUT2D eigenvalue weighted by Crippen LogP contribution is 2.35. The number of aliphatic hydroxyl groups excluding tert-OH is 1. The normalized spacial score (nSPS) is 16.5. The molecule has 3 rings (SSSR count). The Bertz CT molecular complexity index is 777. The number of rotatable bonds is 5. The molecule has 24 heavy (non-hydrogen) atoms. The van der Waals surface area contributed by atoms with Crippen molar-refractivity contribution in [2.45, 2.75) is 19.1 Å². The van der Waals surface area contributed by atoms with Gasteiger partial charge in [-0.15, -0.1) is 0 Å². The fourth-order valence-corrected chi connectivity index (χ4v) is 2.69. The minimum atomic E-state index is -0.761. The molecule has 0 fully saturated rings. The molecule has 1 aliphatic rings. The third-order valence-corrected chi connectivity index (χ3v) is 3.82. The van der Waals surface area contributed by atoms with Crippen LogP contribution in [-0.2, 0) is 11.3 Å². The molecule has 2 aromatic rings. The average molecular weight is 328 g/mol. The van der Waals surface area contributed by atoms with E-state index in [0.29, 0.717) is 17.0 Å². The van der Waals surface area contributed by atoms with Gasteiger partial charge in [0.2, 0.25) is 0 Å². The summed E-state index contributed by atoms with van der Waals surface area (Å²) in [6.07, 6.45) is -0.567. The monoisotopic (exact) mass is 328 g/mol. The second kappa shape index (κ2) is 6.67. The Labute approximate surface area is 138 Å². The standard InChI is InChI=1S/C17H16N2O5/c20-9-8-16-17(21)18(14-6-1-2-7-15(14)24-16)11-12-4-3-5-13(10-12)19(22)23/h1-7,10,16,20H,8-9,11H2. The summed E-state index contributed by atoms with van der Waals surface area (Å²) < 4.78 is 5.66. The maximum absolute atomic E-state index is 12.7. The van der Waals surface area contributed by atoms with E-state index in [9.17, 15) is 14.9 Å². The minimum Gasteiger partial charge on any atom is -0.478 e. The molecule has 0 spiro atoms. The van der Waals surface area contributed by atoms with E-state index < -0.39 is 11.0 Å². The second-order valence-corrected chi connectivity index (χ2v) is 5.44. The number of para-hydroxylation sites is 2. The van der Waals surface area contributed by atoms with Crippen LogP contribution in [0.1, 0.15) is 12.0 Å². The summed E-state index contributed by atoms with van der Waals surface area (Å²) in [5.41, 5.74) is 1.24. The van der Waals surface area contributed by atoms with Gasteiger partial charge in [-0.25, -0.2) is 0 Å². The molecule has 1 N–H and O–H groups in total. The van der Waals surface area contributed by atoms with E-state index >= 15 is 0 Å². The fourth-order valence-electron chi connectivity index (χ4n) is 2.69. The zero-order valence-electron chi connectivity index (χ0n) is 12.8. The first-order chi connectivity index (χ1) is 11.6. The van der Waals surface area contributed by atoms with Crippen LogP contribution in [0.2, 0.25) is 0 Å². The number of amides is 1. The highest BCUT2D eigenvalue weighted by atomic mass is 16.6. The third kappa shape index (κ3) is 3.07. The lowest BCUT2D eigenvalue weighted by atomic mass is 10.1. The van der Waals surface area contributed by atoms with Crippen LogP contribution < -0.4 is 9.64 Å². The van der Waals surface area contributed by atoms with Crippen LogP contribution in [0.3, 0.4) is 0 Å². The number of carbonyl (C=O) groups excluding carboxylic acids is 1. The van der Waals surface area contributed by atoms with Crippen molar-refractivity contribution in [2.75, 3.05) is 11.5 Å². The lowest BCUT2D eigenvalue weighted by Crippen LogP contribution is -2.45. The molecule has 1 aliphatic heterocycles. The topological polar surface area (TPSA) is 92.9 Å². The van der Waals surface area contributed by atoms with Gasteiger partial charge in [-0.2, -0.15) is 0 Å². The summed E-state index contributed by atoms with van der Waals surface area (Å²) in [7, 11) is 0. The smallest absolute Gasteiger partial charge is 0.269 e. The molecule has 0 saturated carbocycles. The van der Waals surface area contributed by atoms with Gasteiger partial charge in [0.05, 0.1) is 17.2 Å². The number of anilines is 1. The van der Waals surface area contributed by atoms with Crippen molar-refractivity contribution in [2.24, 2.45) is 0 Å². The quantitative estimate of drug-likeness (QED) is 0.671.